The lowest BCUT2D eigenvalue weighted by Crippen LogP contribution is -2.44. The fourth-order valence-corrected chi connectivity index (χ4v) is 3.26. The van der Waals surface area contributed by atoms with Crippen molar-refractivity contribution in [2.75, 3.05) is 18.5 Å². The third-order valence-corrected chi connectivity index (χ3v) is 4.99. The molecule has 3 aromatic rings. The first kappa shape index (κ1) is 24.0. The highest BCUT2D eigenvalue weighted by Crippen LogP contribution is 2.16. The number of benzene rings is 2. The van der Waals surface area contributed by atoms with E-state index in [1.54, 1.807) is 24.4 Å². The molecule has 1 heterocycles. The van der Waals surface area contributed by atoms with Gasteiger partial charge in [0, 0.05) is 23.2 Å². The lowest BCUT2D eigenvalue weighted by atomic mass is 10.2. The average molecular weight is 471 g/mol. The molecule has 0 aliphatic heterocycles. The molecule has 0 unspecified atom stereocenters. The van der Waals surface area contributed by atoms with Gasteiger partial charge >= 0.3 is 12.1 Å². The number of carbonyl (C=O) groups is 3. The van der Waals surface area contributed by atoms with Gasteiger partial charge in [-0.3, -0.25) is 14.9 Å². The summed E-state index contributed by atoms with van der Waals surface area (Å²) >= 11 is 6.07. The summed E-state index contributed by atoms with van der Waals surface area (Å²) in [6, 6.07) is 15.5. The number of carboxylic acid groups (broad SMARTS) is 1. The van der Waals surface area contributed by atoms with Crippen LogP contribution in [0.1, 0.15) is 12.0 Å². The summed E-state index contributed by atoms with van der Waals surface area (Å²) in [4.78, 5) is 39.6. The van der Waals surface area contributed by atoms with Gasteiger partial charge in [-0.05, 0) is 23.1 Å². The van der Waals surface area contributed by atoms with Crippen LogP contribution in [0.2, 0.25) is 5.02 Å². The number of hydrogen-bond donors (Lipinski definition) is 4. The van der Waals surface area contributed by atoms with Crippen molar-refractivity contribution in [3.8, 4) is 0 Å². The number of aromatic nitrogens is 1. The molecule has 0 saturated carbocycles. The zero-order valence-corrected chi connectivity index (χ0v) is 18.3. The normalized spacial score (nSPS) is 11.5. The number of nitrogens with zero attached hydrogens (tertiary/aromatic N) is 1. The summed E-state index contributed by atoms with van der Waals surface area (Å²) in [6.07, 6.45) is 0.408. The summed E-state index contributed by atoms with van der Waals surface area (Å²) in [6.45, 7) is -0.00906. The first-order valence-electron chi connectivity index (χ1n) is 10.1. The van der Waals surface area contributed by atoms with E-state index in [0.29, 0.717) is 17.4 Å². The molecule has 0 saturated heterocycles. The molecule has 9 nitrogen and oxygen atoms in total. The Morgan fingerprint density at radius 1 is 1.06 bits per heavy atom. The Labute approximate surface area is 195 Å². The molecule has 10 heteroatoms. The van der Waals surface area contributed by atoms with Gasteiger partial charge in [0.25, 0.3) is 0 Å². The van der Waals surface area contributed by atoms with Crippen LogP contribution in [-0.2, 0) is 20.9 Å². The van der Waals surface area contributed by atoms with Gasteiger partial charge in [0.15, 0.2) is 0 Å². The van der Waals surface area contributed by atoms with Gasteiger partial charge in [-0.15, -0.1) is 0 Å². The number of fused-ring (bicyclic) bond motifs is 1. The largest absolute Gasteiger partial charge is 0.481 e. The number of ether oxygens (including phenoxy) is 1. The van der Waals surface area contributed by atoms with E-state index in [1.165, 1.54) is 0 Å². The topological polar surface area (TPSA) is 130 Å². The number of amides is 2. The molecule has 33 heavy (non-hydrogen) atoms. The Bertz CT molecular complexity index is 1140. The van der Waals surface area contributed by atoms with Crippen molar-refractivity contribution in [1.29, 1.82) is 0 Å². The molecule has 0 aliphatic carbocycles. The number of anilines is 1. The van der Waals surface area contributed by atoms with Crippen LogP contribution >= 0.6 is 11.6 Å². The maximum absolute atomic E-state index is 12.2. The molecule has 1 atom stereocenters. The minimum Gasteiger partial charge on any atom is -0.481 e. The minimum absolute atomic E-state index is 0.0610. The molecular formula is C23H23ClN4O5. The molecule has 4 N–H and O–H groups in total. The standard InChI is InChI=1S/C23H23ClN4O5/c24-19-8-4-3-7-17(19)11-25-13-21(29)27-18(10-22(30)31)14-33-23(32)28-20-9-15-5-1-2-6-16(15)12-26-20/h1-9,12,18,25H,10-11,13-14H2,(H,27,29)(H,30,31)(H,26,28,32)/t18-/m0/s1. The fourth-order valence-electron chi connectivity index (χ4n) is 3.06. The van der Waals surface area contributed by atoms with Crippen LogP contribution in [0.3, 0.4) is 0 Å². The number of halogens is 1. The monoisotopic (exact) mass is 470 g/mol. The van der Waals surface area contributed by atoms with Crippen molar-refractivity contribution in [3.05, 3.63) is 71.4 Å². The van der Waals surface area contributed by atoms with E-state index in [0.717, 1.165) is 16.3 Å². The van der Waals surface area contributed by atoms with Crippen molar-refractivity contribution < 1.29 is 24.2 Å². The summed E-state index contributed by atoms with van der Waals surface area (Å²) in [5.74, 6) is -1.28. The Morgan fingerprint density at radius 2 is 1.79 bits per heavy atom. The van der Waals surface area contributed by atoms with Crippen molar-refractivity contribution in [1.82, 2.24) is 15.6 Å². The quantitative estimate of drug-likeness (QED) is 0.358. The van der Waals surface area contributed by atoms with Crippen LogP contribution in [0.5, 0.6) is 0 Å². The maximum atomic E-state index is 12.2. The highest BCUT2D eigenvalue weighted by atomic mass is 35.5. The van der Waals surface area contributed by atoms with E-state index in [-0.39, 0.29) is 13.2 Å². The highest BCUT2D eigenvalue weighted by molar-refractivity contribution is 6.31. The van der Waals surface area contributed by atoms with Crippen LogP contribution in [0.4, 0.5) is 10.6 Å². The van der Waals surface area contributed by atoms with Crippen LogP contribution in [-0.4, -0.2) is 47.3 Å². The number of nitrogens with one attached hydrogen (secondary N) is 3. The van der Waals surface area contributed by atoms with Crippen LogP contribution in [0, 0.1) is 0 Å². The molecule has 2 amide bonds. The molecule has 1 aromatic heterocycles. The number of carboxylic acids is 1. The van der Waals surface area contributed by atoms with E-state index in [4.69, 9.17) is 21.4 Å². The lowest BCUT2D eigenvalue weighted by molar-refractivity contribution is -0.138. The molecule has 0 radical (unpaired) electrons. The Balaban J connectivity index is 1.47. The third kappa shape index (κ3) is 7.74. The molecule has 0 spiro atoms. The lowest BCUT2D eigenvalue weighted by Gasteiger charge is -2.17. The SMILES string of the molecule is O=C(O)C[C@@H](COC(=O)Nc1cc2ccccc2cn1)NC(=O)CNCc1ccccc1Cl. The molecule has 0 bridgehead atoms. The van der Waals surface area contributed by atoms with Crippen molar-refractivity contribution in [3.63, 3.8) is 0 Å². The van der Waals surface area contributed by atoms with Gasteiger partial charge in [0.05, 0.1) is 19.0 Å². The van der Waals surface area contributed by atoms with Crippen LogP contribution < -0.4 is 16.0 Å². The van der Waals surface area contributed by atoms with E-state index in [9.17, 15) is 14.4 Å². The van der Waals surface area contributed by atoms with Gasteiger partial charge in [0.1, 0.15) is 12.4 Å². The Kier molecular flexibility index (Phi) is 8.56. The van der Waals surface area contributed by atoms with E-state index in [1.807, 2.05) is 36.4 Å². The zero-order chi connectivity index (χ0) is 23.6. The second-order valence-corrected chi connectivity index (χ2v) is 7.60. The van der Waals surface area contributed by atoms with Gasteiger partial charge < -0.3 is 20.5 Å². The number of pyridine rings is 1. The minimum atomic E-state index is -1.13. The zero-order valence-electron chi connectivity index (χ0n) is 17.6. The van der Waals surface area contributed by atoms with Gasteiger partial charge in [-0.25, -0.2) is 9.78 Å². The van der Waals surface area contributed by atoms with Crippen LogP contribution in [0.25, 0.3) is 10.8 Å². The Morgan fingerprint density at radius 3 is 2.55 bits per heavy atom. The van der Waals surface area contributed by atoms with Crippen LogP contribution in [0.15, 0.2) is 60.8 Å². The van der Waals surface area contributed by atoms with Crippen molar-refractivity contribution in [2.45, 2.75) is 19.0 Å². The van der Waals surface area contributed by atoms with Crippen molar-refractivity contribution >= 4 is 46.2 Å². The number of rotatable bonds is 10. The van der Waals surface area contributed by atoms with Gasteiger partial charge in [-0.1, -0.05) is 54.1 Å². The number of aliphatic carboxylic acids is 1. The molecule has 3 rings (SSSR count). The predicted octanol–water partition coefficient (Wildman–Crippen LogP) is 3.19. The first-order chi connectivity index (χ1) is 15.9. The molecular weight excluding hydrogens is 448 g/mol. The summed E-state index contributed by atoms with van der Waals surface area (Å²) in [5.41, 5.74) is 0.830. The van der Waals surface area contributed by atoms with Crippen molar-refractivity contribution in [2.24, 2.45) is 0 Å². The molecule has 172 valence electrons. The molecule has 0 fully saturated rings. The number of hydrogen-bond acceptors (Lipinski definition) is 6. The molecule has 0 aliphatic rings. The average Bonchev–Trinajstić information content (AvgIpc) is 2.78. The summed E-state index contributed by atoms with van der Waals surface area (Å²) in [7, 11) is 0. The van der Waals surface area contributed by atoms with Gasteiger partial charge in [0.2, 0.25) is 5.91 Å². The van der Waals surface area contributed by atoms with E-state index in [2.05, 4.69) is 20.9 Å². The maximum Gasteiger partial charge on any atom is 0.412 e. The van der Waals surface area contributed by atoms with Gasteiger partial charge in [-0.2, -0.15) is 0 Å². The van der Waals surface area contributed by atoms with E-state index >= 15 is 0 Å². The third-order valence-electron chi connectivity index (χ3n) is 4.62. The highest BCUT2D eigenvalue weighted by Gasteiger charge is 2.18. The smallest absolute Gasteiger partial charge is 0.412 e. The second-order valence-electron chi connectivity index (χ2n) is 7.20. The summed E-state index contributed by atoms with van der Waals surface area (Å²) in [5, 5.41) is 19.5. The predicted molar refractivity (Wildman–Crippen MR) is 124 cm³/mol. The number of carbonyl (C=O) groups excluding carboxylic acids is 2. The first-order valence-corrected chi connectivity index (χ1v) is 10.5. The Hall–Kier alpha value is -3.69. The second kappa shape index (κ2) is 11.8. The van der Waals surface area contributed by atoms with E-state index < -0.39 is 30.4 Å². The molecule has 2 aromatic carbocycles. The fraction of sp³-hybridized carbons (Fsp3) is 0.217. The summed E-state index contributed by atoms with van der Waals surface area (Å²) < 4.78 is 5.11.